The molecule has 0 aromatic heterocycles. The molecule has 130 valence electrons. The summed E-state index contributed by atoms with van der Waals surface area (Å²) in [4.78, 5) is 27.5. The van der Waals surface area contributed by atoms with Gasteiger partial charge in [0.2, 0.25) is 11.8 Å². The van der Waals surface area contributed by atoms with Crippen LogP contribution in [0.15, 0.2) is 0 Å². The number of nitrogens with zero attached hydrogens (tertiary/aromatic N) is 1. The molecule has 1 saturated heterocycles. The Morgan fingerprint density at radius 3 is 2.09 bits per heavy atom. The van der Waals surface area contributed by atoms with Gasteiger partial charge in [-0.2, -0.15) is 0 Å². The lowest BCUT2D eigenvalue weighted by Crippen LogP contribution is -2.47. The van der Waals surface area contributed by atoms with E-state index in [1.807, 2.05) is 4.90 Å². The molecule has 2 amide bonds. The molecular weight excluding hydrogens is 292 g/mol. The van der Waals surface area contributed by atoms with E-state index in [4.69, 9.17) is 0 Å². The zero-order valence-corrected chi connectivity index (χ0v) is 14.0. The average molecular weight is 322 g/mol. The summed E-state index contributed by atoms with van der Waals surface area (Å²) >= 11 is 0. The van der Waals surface area contributed by atoms with Crippen molar-refractivity contribution in [2.45, 2.75) is 76.4 Å². The van der Waals surface area contributed by atoms with Crippen LogP contribution in [0.25, 0.3) is 0 Å². The molecule has 1 aliphatic heterocycles. The lowest BCUT2D eigenvalue weighted by atomic mass is 9.77. The van der Waals surface area contributed by atoms with Crippen molar-refractivity contribution in [3.8, 4) is 0 Å². The Bertz CT molecular complexity index is 426. The number of carbonyl (C=O) groups excluding carboxylic acids is 2. The topological polar surface area (TPSA) is 69.6 Å². The average Bonchev–Trinajstić information content (AvgIpc) is 3.11. The molecule has 3 fully saturated rings. The van der Waals surface area contributed by atoms with Gasteiger partial charge in [0.05, 0.1) is 6.10 Å². The lowest BCUT2D eigenvalue weighted by molar-refractivity contribution is -0.143. The minimum atomic E-state index is -0.206. The monoisotopic (exact) mass is 322 g/mol. The summed E-state index contributed by atoms with van der Waals surface area (Å²) < 4.78 is 0. The fraction of sp³-hybridized carbons (Fsp3) is 0.889. The Hall–Kier alpha value is -1.10. The molecule has 5 heteroatoms. The fourth-order valence-electron chi connectivity index (χ4n) is 4.44. The van der Waals surface area contributed by atoms with E-state index in [-0.39, 0.29) is 35.8 Å². The molecule has 2 aliphatic carbocycles. The van der Waals surface area contributed by atoms with E-state index in [1.54, 1.807) is 0 Å². The van der Waals surface area contributed by atoms with Gasteiger partial charge in [-0.3, -0.25) is 9.59 Å². The number of nitrogens with one attached hydrogen (secondary N) is 1. The number of aliphatic hydroxyl groups excluding tert-OH is 1. The molecule has 2 saturated carbocycles. The summed E-state index contributed by atoms with van der Waals surface area (Å²) in [6, 6.07) is 0.176. The highest BCUT2D eigenvalue weighted by atomic mass is 16.3. The molecule has 0 spiro atoms. The summed E-state index contributed by atoms with van der Waals surface area (Å²) in [6.45, 7) is 1.73. The van der Waals surface area contributed by atoms with Crippen LogP contribution >= 0.6 is 0 Å². The molecule has 1 heterocycles. The molecule has 0 radical (unpaired) electrons. The Morgan fingerprint density at radius 2 is 1.43 bits per heavy atom. The van der Waals surface area contributed by atoms with Gasteiger partial charge in [0.1, 0.15) is 0 Å². The molecule has 5 nitrogen and oxygen atoms in total. The third-order valence-electron chi connectivity index (χ3n) is 5.88. The zero-order valence-electron chi connectivity index (χ0n) is 14.0. The first-order chi connectivity index (χ1) is 11.1. The normalized spacial score (nSPS) is 35.1. The highest BCUT2D eigenvalue weighted by molar-refractivity contribution is 5.88. The van der Waals surface area contributed by atoms with Crippen molar-refractivity contribution in [3.05, 3.63) is 0 Å². The van der Waals surface area contributed by atoms with E-state index in [0.29, 0.717) is 0 Å². The van der Waals surface area contributed by atoms with Crippen LogP contribution < -0.4 is 5.32 Å². The molecule has 3 aliphatic rings. The van der Waals surface area contributed by atoms with Crippen LogP contribution in [0.1, 0.15) is 64.2 Å². The van der Waals surface area contributed by atoms with Crippen LogP contribution in [0, 0.1) is 11.8 Å². The molecule has 0 aromatic carbocycles. The highest BCUT2D eigenvalue weighted by Gasteiger charge is 2.39. The highest BCUT2D eigenvalue weighted by Crippen LogP contribution is 2.33. The molecule has 2 N–H and O–H groups in total. The maximum absolute atomic E-state index is 12.8. The van der Waals surface area contributed by atoms with E-state index in [1.165, 1.54) is 0 Å². The van der Waals surface area contributed by atoms with Gasteiger partial charge < -0.3 is 15.3 Å². The number of aliphatic hydroxyl groups is 1. The van der Waals surface area contributed by atoms with Gasteiger partial charge >= 0.3 is 0 Å². The second-order valence-corrected chi connectivity index (χ2v) is 7.54. The first-order valence-electron chi connectivity index (χ1n) is 9.42. The van der Waals surface area contributed by atoms with Crippen molar-refractivity contribution in [3.63, 3.8) is 0 Å². The summed E-state index contributed by atoms with van der Waals surface area (Å²) in [7, 11) is 0. The van der Waals surface area contributed by atoms with Crippen LogP contribution in [0.4, 0.5) is 0 Å². The molecule has 3 rings (SSSR count). The van der Waals surface area contributed by atoms with Gasteiger partial charge in [0.15, 0.2) is 0 Å². The molecule has 0 aromatic rings. The quantitative estimate of drug-likeness (QED) is 0.833. The van der Waals surface area contributed by atoms with Crippen LogP contribution in [0.5, 0.6) is 0 Å². The van der Waals surface area contributed by atoms with Crippen LogP contribution in [0.2, 0.25) is 0 Å². The maximum atomic E-state index is 12.8. The third-order valence-corrected chi connectivity index (χ3v) is 5.88. The van der Waals surface area contributed by atoms with Gasteiger partial charge in [-0.1, -0.05) is 12.8 Å². The van der Waals surface area contributed by atoms with Crippen molar-refractivity contribution in [1.29, 1.82) is 0 Å². The Labute approximate surface area is 138 Å². The van der Waals surface area contributed by atoms with Crippen LogP contribution in [-0.4, -0.2) is 47.1 Å². The van der Waals surface area contributed by atoms with Gasteiger partial charge in [-0.25, -0.2) is 0 Å². The molecule has 23 heavy (non-hydrogen) atoms. The second kappa shape index (κ2) is 7.65. The first kappa shape index (κ1) is 16.7. The van der Waals surface area contributed by atoms with Gasteiger partial charge in [-0.15, -0.1) is 0 Å². The Kier molecular flexibility index (Phi) is 5.57. The van der Waals surface area contributed by atoms with Crippen molar-refractivity contribution < 1.29 is 14.7 Å². The van der Waals surface area contributed by atoms with E-state index in [0.717, 1.165) is 77.3 Å². The van der Waals surface area contributed by atoms with Crippen molar-refractivity contribution in [2.24, 2.45) is 11.8 Å². The van der Waals surface area contributed by atoms with Gasteiger partial charge in [-0.05, 0) is 51.4 Å². The van der Waals surface area contributed by atoms with E-state index >= 15 is 0 Å². The second-order valence-electron chi connectivity index (χ2n) is 7.54. The first-order valence-corrected chi connectivity index (χ1v) is 9.42. The largest absolute Gasteiger partial charge is 0.393 e. The van der Waals surface area contributed by atoms with Crippen molar-refractivity contribution in [1.82, 2.24) is 10.2 Å². The molecule has 0 unspecified atom stereocenters. The molecule has 0 bridgehead atoms. The Morgan fingerprint density at radius 1 is 0.826 bits per heavy atom. The maximum Gasteiger partial charge on any atom is 0.226 e. The number of carbonyl (C=O) groups is 2. The number of hydrogen-bond donors (Lipinski definition) is 2. The predicted molar refractivity (Wildman–Crippen MR) is 87.7 cm³/mol. The number of amides is 2. The number of hydrogen-bond acceptors (Lipinski definition) is 3. The lowest BCUT2D eigenvalue weighted by Gasteiger charge is -2.34. The fourth-order valence-corrected chi connectivity index (χ4v) is 4.44. The molecular formula is C18H30N2O3. The Balaban J connectivity index is 1.58. The number of likely N-dealkylation sites (tertiary alicyclic amines) is 1. The van der Waals surface area contributed by atoms with E-state index in [9.17, 15) is 14.7 Å². The zero-order chi connectivity index (χ0) is 16.2. The predicted octanol–water partition coefficient (Wildman–Crippen LogP) is 1.83. The van der Waals surface area contributed by atoms with Gasteiger partial charge in [0.25, 0.3) is 0 Å². The minimum absolute atomic E-state index is 0.0728. The van der Waals surface area contributed by atoms with Crippen LogP contribution in [0.3, 0.4) is 0 Å². The van der Waals surface area contributed by atoms with Gasteiger partial charge in [0, 0.05) is 31.0 Å². The smallest absolute Gasteiger partial charge is 0.226 e. The van der Waals surface area contributed by atoms with Crippen molar-refractivity contribution >= 4 is 11.8 Å². The summed E-state index contributed by atoms with van der Waals surface area (Å²) in [6.07, 6.45) is 9.03. The summed E-state index contributed by atoms with van der Waals surface area (Å²) in [5.74, 6) is 0.0183. The summed E-state index contributed by atoms with van der Waals surface area (Å²) in [5.41, 5.74) is 0. The van der Waals surface area contributed by atoms with E-state index in [2.05, 4.69) is 5.32 Å². The third kappa shape index (κ3) is 4.06. The van der Waals surface area contributed by atoms with Crippen LogP contribution in [-0.2, 0) is 9.59 Å². The summed E-state index contributed by atoms with van der Waals surface area (Å²) in [5, 5.41) is 12.7. The molecule has 2 atom stereocenters. The number of rotatable bonds is 3. The van der Waals surface area contributed by atoms with Crippen molar-refractivity contribution in [2.75, 3.05) is 13.1 Å². The minimum Gasteiger partial charge on any atom is -0.393 e. The van der Waals surface area contributed by atoms with E-state index < -0.39 is 0 Å². The standard InChI is InChI=1S/C18H30N2O3/c21-14-9-7-13(8-10-14)19-17(22)15-5-1-2-6-16(15)18(23)20-11-3-4-12-20/h13-16,21H,1-12H2,(H,19,22)/t13?,14?,15-,16+/m1/s1. The SMILES string of the molecule is O=C(NC1CCC(O)CC1)[C@@H]1CCCC[C@@H]1C(=O)N1CCCC1.